The van der Waals surface area contributed by atoms with Crippen LogP contribution >= 0.6 is 0 Å². The molecule has 0 saturated heterocycles. The molecule has 0 aliphatic carbocycles. The molecule has 4 aromatic rings. The summed E-state index contributed by atoms with van der Waals surface area (Å²) >= 11 is 0. The zero-order valence-corrected chi connectivity index (χ0v) is 12.4. The average molecular weight is 305 g/mol. The van der Waals surface area contributed by atoms with E-state index >= 15 is 0 Å². The molecule has 6 heteroatoms. The van der Waals surface area contributed by atoms with Crippen molar-refractivity contribution in [3.05, 3.63) is 66.7 Å². The summed E-state index contributed by atoms with van der Waals surface area (Å²) in [6, 6.07) is 15.7. The van der Waals surface area contributed by atoms with E-state index in [2.05, 4.69) is 15.5 Å². The topological polar surface area (TPSA) is 64.2 Å². The Hall–Kier alpha value is -3.15. The molecule has 3 heterocycles. The third kappa shape index (κ3) is 2.55. The van der Waals surface area contributed by atoms with E-state index in [9.17, 15) is 4.79 Å². The number of aromatic nitrogens is 4. The van der Waals surface area contributed by atoms with Gasteiger partial charge in [0.15, 0.2) is 11.5 Å². The maximum atomic E-state index is 12.2. The maximum absolute atomic E-state index is 12.2. The number of carbonyl (C=O) groups excluding carboxylic acids is 1. The van der Waals surface area contributed by atoms with Crippen LogP contribution in [0.1, 0.15) is 5.82 Å². The van der Waals surface area contributed by atoms with Crippen LogP contribution in [0.5, 0.6) is 0 Å². The second kappa shape index (κ2) is 5.57. The van der Waals surface area contributed by atoms with E-state index in [0.717, 1.165) is 16.6 Å². The number of amides is 1. The summed E-state index contributed by atoms with van der Waals surface area (Å²) in [5.74, 6) is 0.658. The van der Waals surface area contributed by atoms with Crippen molar-refractivity contribution in [2.24, 2.45) is 0 Å². The van der Waals surface area contributed by atoms with Gasteiger partial charge in [0.05, 0.1) is 6.54 Å². The first kappa shape index (κ1) is 13.5. The molecule has 6 nitrogen and oxygen atoms in total. The van der Waals surface area contributed by atoms with Gasteiger partial charge >= 0.3 is 0 Å². The number of para-hydroxylation sites is 1. The number of rotatable bonds is 4. The summed E-state index contributed by atoms with van der Waals surface area (Å²) in [6.07, 6.45) is 3.81. The molecule has 0 bridgehead atoms. The van der Waals surface area contributed by atoms with Crippen LogP contribution in [0.3, 0.4) is 0 Å². The van der Waals surface area contributed by atoms with Crippen LogP contribution in [0.4, 0.5) is 0 Å². The highest BCUT2D eigenvalue weighted by molar-refractivity contribution is 5.83. The predicted octanol–water partition coefficient (Wildman–Crippen LogP) is 2.00. The van der Waals surface area contributed by atoms with Gasteiger partial charge in [0.25, 0.3) is 0 Å². The van der Waals surface area contributed by atoms with E-state index in [1.807, 2.05) is 69.9 Å². The summed E-state index contributed by atoms with van der Waals surface area (Å²) < 4.78 is 3.80. The highest BCUT2D eigenvalue weighted by atomic mass is 16.1. The molecule has 0 unspecified atom stereocenters. The van der Waals surface area contributed by atoms with Crippen molar-refractivity contribution in [3.8, 4) is 0 Å². The number of fused-ring (bicyclic) bond motifs is 2. The molecule has 4 rings (SSSR count). The minimum absolute atomic E-state index is 0.0564. The van der Waals surface area contributed by atoms with Gasteiger partial charge in [-0.25, -0.2) is 0 Å². The van der Waals surface area contributed by atoms with Gasteiger partial charge in [0.1, 0.15) is 6.54 Å². The third-order valence-electron chi connectivity index (χ3n) is 3.82. The maximum Gasteiger partial charge on any atom is 0.240 e. The Morgan fingerprint density at radius 1 is 1.00 bits per heavy atom. The van der Waals surface area contributed by atoms with Crippen molar-refractivity contribution in [1.82, 2.24) is 24.5 Å². The largest absolute Gasteiger partial charge is 0.347 e. The van der Waals surface area contributed by atoms with Gasteiger partial charge < -0.3 is 9.88 Å². The van der Waals surface area contributed by atoms with Crippen molar-refractivity contribution >= 4 is 22.5 Å². The Morgan fingerprint density at radius 3 is 2.83 bits per heavy atom. The molecule has 0 aliphatic heterocycles. The van der Waals surface area contributed by atoms with Crippen LogP contribution in [0.25, 0.3) is 16.6 Å². The van der Waals surface area contributed by atoms with Crippen LogP contribution < -0.4 is 5.32 Å². The number of carbonyl (C=O) groups is 1. The van der Waals surface area contributed by atoms with E-state index in [4.69, 9.17) is 0 Å². The fraction of sp³-hybridized carbons (Fsp3) is 0.118. The van der Waals surface area contributed by atoms with Crippen molar-refractivity contribution < 1.29 is 4.79 Å². The summed E-state index contributed by atoms with van der Waals surface area (Å²) in [6.45, 7) is 0.632. The molecular formula is C17H15N5O. The molecule has 0 aliphatic rings. The van der Waals surface area contributed by atoms with Crippen molar-refractivity contribution in [2.45, 2.75) is 13.1 Å². The van der Waals surface area contributed by atoms with Crippen molar-refractivity contribution in [3.63, 3.8) is 0 Å². The molecule has 0 fully saturated rings. The lowest BCUT2D eigenvalue weighted by atomic mass is 10.2. The first-order valence-corrected chi connectivity index (χ1v) is 7.40. The van der Waals surface area contributed by atoms with Crippen LogP contribution in [0.2, 0.25) is 0 Å². The highest BCUT2D eigenvalue weighted by Crippen LogP contribution is 2.14. The number of hydrogen-bond donors (Lipinski definition) is 1. The number of pyridine rings is 1. The van der Waals surface area contributed by atoms with Crippen LogP contribution in [0, 0.1) is 0 Å². The zero-order chi connectivity index (χ0) is 15.6. The first-order valence-electron chi connectivity index (χ1n) is 7.40. The van der Waals surface area contributed by atoms with Gasteiger partial charge in [-0.3, -0.25) is 9.20 Å². The lowest BCUT2D eigenvalue weighted by Crippen LogP contribution is -2.27. The van der Waals surface area contributed by atoms with Gasteiger partial charge in [-0.05, 0) is 29.7 Å². The second-order valence-electron chi connectivity index (χ2n) is 5.32. The molecule has 1 N–H and O–H groups in total. The lowest BCUT2D eigenvalue weighted by Gasteiger charge is -2.06. The molecule has 0 atom stereocenters. The SMILES string of the molecule is O=C(Cn1ccc2ccccc21)NCc1nnc2ccccn12. The quantitative estimate of drug-likeness (QED) is 0.627. The zero-order valence-electron chi connectivity index (χ0n) is 12.4. The lowest BCUT2D eigenvalue weighted by molar-refractivity contribution is -0.121. The predicted molar refractivity (Wildman–Crippen MR) is 86.8 cm³/mol. The molecule has 0 saturated carbocycles. The molecule has 1 amide bonds. The molecule has 23 heavy (non-hydrogen) atoms. The monoisotopic (exact) mass is 305 g/mol. The molecule has 1 aromatic carbocycles. The third-order valence-corrected chi connectivity index (χ3v) is 3.82. The summed E-state index contributed by atoms with van der Waals surface area (Å²) in [5, 5.41) is 12.2. The van der Waals surface area contributed by atoms with Gasteiger partial charge in [-0.15, -0.1) is 10.2 Å². The second-order valence-corrected chi connectivity index (χ2v) is 5.32. The molecule has 0 radical (unpaired) electrons. The standard InChI is InChI=1S/C17H15N5O/c23-17(12-21-10-8-13-5-1-2-6-14(13)21)18-11-16-20-19-15-7-3-4-9-22(15)16/h1-10H,11-12H2,(H,18,23). The smallest absolute Gasteiger partial charge is 0.240 e. The molecule has 3 aromatic heterocycles. The van der Waals surface area contributed by atoms with Crippen LogP contribution in [-0.2, 0) is 17.9 Å². The van der Waals surface area contributed by atoms with E-state index in [1.54, 1.807) is 0 Å². The fourth-order valence-electron chi connectivity index (χ4n) is 2.68. The molecular weight excluding hydrogens is 290 g/mol. The summed E-state index contributed by atoms with van der Waals surface area (Å²) in [5.41, 5.74) is 1.82. The first-order chi connectivity index (χ1) is 11.3. The van der Waals surface area contributed by atoms with Crippen molar-refractivity contribution in [2.75, 3.05) is 0 Å². The van der Waals surface area contributed by atoms with Crippen LogP contribution in [0.15, 0.2) is 60.9 Å². The van der Waals surface area contributed by atoms with E-state index in [-0.39, 0.29) is 12.5 Å². The normalized spacial score (nSPS) is 11.1. The van der Waals surface area contributed by atoms with Gasteiger partial charge in [-0.1, -0.05) is 24.3 Å². The Morgan fingerprint density at radius 2 is 1.87 bits per heavy atom. The van der Waals surface area contributed by atoms with E-state index in [1.165, 1.54) is 0 Å². The van der Waals surface area contributed by atoms with Gasteiger partial charge in [0, 0.05) is 17.9 Å². The summed E-state index contributed by atoms with van der Waals surface area (Å²) in [4.78, 5) is 12.2. The Bertz CT molecular complexity index is 985. The molecule has 114 valence electrons. The Kier molecular flexibility index (Phi) is 3.27. The molecule has 0 spiro atoms. The van der Waals surface area contributed by atoms with Crippen LogP contribution in [-0.4, -0.2) is 25.1 Å². The number of hydrogen-bond acceptors (Lipinski definition) is 3. The summed E-state index contributed by atoms with van der Waals surface area (Å²) in [7, 11) is 0. The fourth-order valence-corrected chi connectivity index (χ4v) is 2.68. The number of nitrogens with one attached hydrogen (secondary N) is 1. The van der Waals surface area contributed by atoms with Gasteiger partial charge in [-0.2, -0.15) is 0 Å². The number of benzene rings is 1. The van der Waals surface area contributed by atoms with E-state index < -0.39 is 0 Å². The average Bonchev–Trinajstić information content (AvgIpc) is 3.18. The minimum Gasteiger partial charge on any atom is -0.347 e. The number of nitrogens with zero attached hydrogens (tertiary/aromatic N) is 4. The highest BCUT2D eigenvalue weighted by Gasteiger charge is 2.08. The minimum atomic E-state index is -0.0564. The van der Waals surface area contributed by atoms with E-state index in [0.29, 0.717) is 12.4 Å². The Balaban J connectivity index is 1.46. The van der Waals surface area contributed by atoms with Gasteiger partial charge in [0.2, 0.25) is 5.91 Å². The Labute approximate surface area is 132 Å². The van der Waals surface area contributed by atoms with Crippen molar-refractivity contribution in [1.29, 1.82) is 0 Å².